The van der Waals surface area contributed by atoms with Gasteiger partial charge in [-0.3, -0.25) is 4.79 Å². The molecule has 17 heavy (non-hydrogen) atoms. The monoisotopic (exact) mass is 240 g/mol. The zero-order chi connectivity index (χ0) is 13.0. The summed E-state index contributed by atoms with van der Waals surface area (Å²) < 4.78 is 15.4. The summed E-state index contributed by atoms with van der Waals surface area (Å²) in [5.41, 5.74) is 0.524. The van der Waals surface area contributed by atoms with Crippen molar-refractivity contribution in [3.8, 4) is 17.2 Å². The molecule has 1 aromatic rings. The lowest BCUT2D eigenvalue weighted by molar-refractivity contribution is -0.138. The molecule has 5 heteroatoms. The van der Waals surface area contributed by atoms with Crippen molar-refractivity contribution in [2.24, 2.45) is 0 Å². The van der Waals surface area contributed by atoms with Crippen molar-refractivity contribution < 1.29 is 24.1 Å². The van der Waals surface area contributed by atoms with Crippen molar-refractivity contribution in [2.45, 2.75) is 12.8 Å². The number of hydrogen-bond acceptors (Lipinski definition) is 4. The van der Waals surface area contributed by atoms with Crippen LogP contribution in [0.4, 0.5) is 0 Å². The fourth-order valence-corrected chi connectivity index (χ4v) is 1.54. The maximum absolute atomic E-state index is 11.0. The highest BCUT2D eigenvalue weighted by Crippen LogP contribution is 2.39. The lowest BCUT2D eigenvalue weighted by atomic mass is 9.99. The van der Waals surface area contributed by atoms with Gasteiger partial charge in [-0.15, -0.1) is 0 Å². The van der Waals surface area contributed by atoms with Gasteiger partial charge >= 0.3 is 5.97 Å². The molecule has 1 unspecified atom stereocenters. The molecule has 0 fully saturated rings. The van der Waals surface area contributed by atoms with Crippen LogP contribution in [0.25, 0.3) is 0 Å². The van der Waals surface area contributed by atoms with Crippen LogP contribution >= 0.6 is 0 Å². The van der Waals surface area contributed by atoms with Crippen molar-refractivity contribution in [1.82, 2.24) is 0 Å². The van der Waals surface area contributed by atoms with Crippen molar-refractivity contribution in [2.75, 3.05) is 21.3 Å². The van der Waals surface area contributed by atoms with Gasteiger partial charge in [-0.05, 0) is 13.0 Å². The Morgan fingerprint density at radius 2 is 1.82 bits per heavy atom. The lowest BCUT2D eigenvalue weighted by Gasteiger charge is -2.16. The van der Waals surface area contributed by atoms with E-state index in [1.165, 1.54) is 21.3 Å². The number of rotatable bonds is 5. The maximum Gasteiger partial charge on any atom is 0.310 e. The number of hydrogen-bond donors (Lipinski definition) is 1. The van der Waals surface area contributed by atoms with Gasteiger partial charge in [-0.2, -0.15) is 0 Å². The molecule has 0 heterocycles. The van der Waals surface area contributed by atoms with Crippen molar-refractivity contribution in [3.63, 3.8) is 0 Å². The van der Waals surface area contributed by atoms with Gasteiger partial charge in [0.05, 0.1) is 27.2 Å². The second-order valence-corrected chi connectivity index (χ2v) is 3.51. The molecule has 0 saturated carbocycles. The number of methoxy groups -OCH3 is 3. The minimum absolute atomic E-state index is 0.420. The molecule has 0 aliphatic carbocycles. The summed E-state index contributed by atoms with van der Waals surface area (Å²) in [6.45, 7) is 1.58. The zero-order valence-electron chi connectivity index (χ0n) is 10.3. The van der Waals surface area contributed by atoms with E-state index in [9.17, 15) is 4.79 Å². The van der Waals surface area contributed by atoms with Crippen LogP contribution in [0.2, 0.25) is 0 Å². The van der Waals surface area contributed by atoms with E-state index in [-0.39, 0.29) is 0 Å². The Labute approximate surface area is 99.9 Å². The minimum atomic E-state index is -0.932. The molecule has 0 spiro atoms. The highest BCUT2D eigenvalue weighted by molar-refractivity contribution is 5.77. The highest BCUT2D eigenvalue weighted by atomic mass is 16.5. The Bertz CT molecular complexity index is 414. The molecule has 0 aromatic heterocycles. The highest BCUT2D eigenvalue weighted by Gasteiger charge is 2.22. The third-order valence-electron chi connectivity index (χ3n) is 2.55. The molecular weight excluding hydrogens is 224 g/mol. The summed E-state index contributed by atoms with van der Waals surface area (Å²) in [5, 5.41) is 9.05. The molecule has 0 bridgehead atoms. The fourth-order valence-electron chi connectivity index (χ4n) is 1.54. The third-order valence-corrected chi connectivity index (χ3v) is 2.55. The van der Waals surface area contributed by atoms with Gasteiger partial charge in [0.1, 0.15) is 5.75 Å². The molecule has 1 aromatic carbocycles. The van der Waals surface area contributed by atoms with Crippen molar-refractivity contribution in [3.05, 3.63) is 17.7 Å². The van der Waals surface area contributed by atoms with Crippen molar-refractivity contribution >= 4 is 5.97 Å². The Morgan fingerprint density at radius 3 is 2.24 bits per heavy atom. The first-order valence-corrected chi connectivity index (χ1v) is 5.07. The maximum atomic E-state index is 11.0. The number of aliphatic carboxylic acids is 1. The normalized spacial score (nSPS) is 11.8. The summed E-state index contributed by atoms with van der Waals surface area (Å²) in [4.78, 5) is 11.0. The molecule has 0 aliphatic rings. The smallest absolute Gasteiger partial charge is 0.310 e. The lowest BCUT2D eigenvalue weighted by Crippen LogP contribution is -2.10. The predicted octanol–water partition coefficient (Wildman–Crippen LogP) is 1.90. The van der Waals surface area contributed by atoms with Crippen LogP contribution in [0.15, 0.2) is 12.1 Å². The molecule has 1 rings (SSSR count). The first kappa shape index (κ1) is 13.2. The van der Waals surface area contributed by atoms with Crippen molar-refractivity contribution in [1.29, 1.82) is 0 Å². The van der Waals surface area contributed by atoms with Crippen LogP contribution in [0.5, 0.6) is 17.2 Å². The Morgan fingerprint density at radius 1 is 1.18 bits per heavy atom. The molecule has 1 atom stereocenters. The fraction of sp³-hybridized carbons (Fsp3) is 0.417. The first-order chi connectivity index (χ1) is 8.04. The molecule has 0 saturated heterocycles. The van der Waals surface area contributed by atoms with Crippen LogP contribution < -0.4 is 14.2 Å². The largest absolute Gasteiger partial charge is 0.497 e. The van der Waals surface area contributed by atoms with E-state index < -0.39 is 11.9 Å². The van der Waals surface area contributed by atoms with Crippen LogP contribution in [-0.4, -0.2) is 32.4 Å². The Balaban J connectivity index is 3.38. The summed E-state index contributed by atoms with van der Waals surface area (Å²) in [5.74, 6) is -0.226. The van der Waals surface area contributed by atoms with E-state index in [0.29, 0.717) is 22.8 Å². The average molecular weight is 240 g/mol. The van der Waals surface area contributed by atoms with Gasteiger partial charge < -0.3 is 19.3 Å². The van der Waals surface area contributed by atoms with Gasteiger partial charge in [-0.1, -0.05) is 0 Å². The van der Waals surface area contributed by atoms with Gasteiger partial charge in [0.15, 0.2) is 11.5 Å². The SMILES string of the molecule is COc1cc(OC)c(OC)c(C(C)C(=O)O)c1. The summed E-state index contributed by atoms with van der Waals surface area (Å²) in [6.07, 6.45) is 0. The summed E-state index contributed by atoms with van der Waals surface area (Å²) >= 11 is 0. The number of ether oxygens (including phenoxy) is 3. The van der Waals surface area contributed by atoms with Crippen LogP contribution in [0.3, 0.4) is 0 Å². The molecule has 0 radical (unpaired) electrons. The van der Waals surface area contributed by atoms with Crippen LogP contribution in [-0.2, 0) is 4.79 Å². The number of benzene rings is 1. The van der Waals surface area contributed by atoms with E-state index in [1.54, 1.807) is 19.1 Å². The van der Waals surface area contributed by atoms with Crippen LogP contribution in [0, 0.1) is 0 Å². The topological polar surface area (TPSA) is 65.0 Å². The van der Waals surface area contributed by atoms with Gasteiger partial charge in [0.25, 0.3) is 0 Å². The van der Waals surface area contributed by atoms with Crippen LogP contribution in [0.1, 0.15) is 18.4 Å². The van der Waals surface area contributed by atoms with Gasteiger partial charge in [0.2, 0.25) is 0 Å². The summed E-state index contributed by atoms with van der Waals surface area (Å²) in [6, 6.07) is 3.29. The molecule has 1 N–H and O–H groups in total. The van der Waals surface area contributed by atoms with E-state index in [0.717, 1.165) is 0 Å². The second-order valence-electron chi connectivity index (χ2n) is 3.51. The van der Waals surface area contributed by atoms with Gasteiger partial charge in [-0.25, -0.2) is 0 Å². The van der Waals surface area contributed by atoms with E-state index in [4.69, 9.17) is 19.3 Å². The number of carboxylic acids is 1. The average Bonchev–Trinajstić information content (AvgIpc) is 2.35. The zero-order valence-corrected chi connectivity index (χ0v) is 10.3. The predicted molar refractivity (Wildman–Crippen MR) is 62.1 cm³/mol. The molecule has 0 amide bonds. The second kappa shape index (κ2) is 5.43. The van der Waals surface area contributed by atoms with E-state index >= 15 is 0 Å². The Kier molecular flexibility index (Phi) is 4.20. The molecule has 94 valence electrons. The molecular formula is C12H16O5. The number of carbonyl (C=O) groups is 1. The first-order valence-electron chi connectivity index (χ1n) is 5.07. The quantitative estimate of drug-likeness (QED) is 0.851. The summed E-state index contributed by atoms with van der Waals surface area (Å²) in [7, 11) is 4.48. The van der Waals surface area contributed by atoms with E-state index in [2.05, 4.69) is 0 Å². The van der Waals surface area contributed by atoms with Gasteiger partial charge in [0, 0.05) is 11.6 Å². The third kappa shape index (κ3) is 2.61. The molecule has 5 nitrogen and oxygen atoms in total. The standard InChI is InChI=1S/C12H16O5/c1-7(12(13)14)9-5-8(15-2)6-10(16-3)11(9)17-4/h5-7H,1-4H3,(H,13,14). The molecule has 0 aliphatic heterocycles. The van der Waals surface area contributed by atoms with E-state index in [1.807, 2.05) is 0 Å². The Hall–Kier alpha value is -1.91. The number of carboxylic acid groups (broad SMARTS) is 1. The minimum Gasteiger partial charge on any atom is -0.497 e.